The zero-order chi connectivity index (χ0) is 29.8. The molecule has 0 unspecified atom stereocenters. The maximum Gasteiger partial charge on any atom is 0.410 e. The van der Waals surface area contributed by atoms with Gasteiger partial charge in [-0.25, -0.2) is 9.59 Å². The summed E-state index contributed by atoms with van der Waals surface area (Å²) < 4.78 is 15.4. The van der Waals surface area contributed by atoms with Gasteiger partial charge in [-0.2, -0.15) is 0 Å². The molecular weight excluding hydrogens is 492 g/mol. The number of hydrogen-bond acceptors (Lipinski definition) is 8. The minimum absolute atomic E-state index is 0.0390. The second-order valence-corrected chi connectivity index (χ2v) is 12.1. The Balaban J connectivity index is 0.000000721. The molecule has 2 N–H and O–H groups in total. The predicted octanol–water partition coefficient (Wildman–Crippen LogP) is 4.86. The molecule has 0 saturated carbocycles. The molecule has 1 heterocycles. The van der Waals surface area contributed by atoms with Crippen LogP contribution in [0.4, 0.5) is 9.59 Å². The molecule has 2 amide bonds. The number of aliphatic hydroxyl groups excluding tert-OH is 1. The van der Waals surface area contributed by atoms with E-state index in [0.717, 1.165) is 19.3 Å². The molecule has 2 atom stereocenters. The van der Waals surface area contributed by atoms with Crippen molar-refractivity contribution in [1.82, 2.24) is 10.2 Å². The van der Waals surface area contributed by atoms with Gasteiger partial charge in [0.1, 0.15) is 17.0 Å². The van der Waals surface area contributed by atoms with E-state index in [0.29, 0.717) is 38.9 Å². The third kappa shape index (κ3) is 12.0. The summed E-state index contributed by atoms with van der Waals surface area (Å²) in [5, 5.41) is 12.1. The monoisotopic (exact) mass is 544 g/mol. The van der Waals surface area contributed by atoms with E-state index in [1.54, 1.807) is 25.7 Å². The van der Waals surface area contributed by atoms with Gasteiger partial charge in [-0.3, -0.25) is 9.59 Å². The van der Waals surface area contributed by atoms with Gasteiger partial charge < -0.3 is 29.5 Å². The van der Waals surface area contributed by atoms with Crippen LogP contribution >= 0.6 is 0 Å². The molecule has 0 aromatic rings. The Morgan fingerprint density at radius 3 is 1.95 bits per heavy atom. The van der Waals surface area contributed by atoms with Crippen LogP contribution in [-0.2, 0) is 23.8 Å². The number of likely N-dealkylation sites (tertiary alicyclic amines) is 1. The van der Waals surface area contributed by atoms with Gasteiger partial charge >= 0.3 is 18.2 Å². The number of methoxy groups -OCH3 is 1. The molecule has 1 saturated heterocycles. The second-order valence-electron chi connectivity index (χ2n) is 12.1. The average molecular weight is 545 g/mol. The van der Waals surface area contributed by atoms with E-state index >= 15 is 0 Å². The Morgan fingerprint density at radius 1 is 0.947 bits per heavy atom. The SMILES string of the molecule is CCC[C@@](CO)(CCNC(=O)OC(C)(C)C)C(C)=O.CCC[C@]1(C(=O)OC)CCN(C(=O)OC(C)(C)C)C1. The maximum atomic E-state index is 12.0. The number of nitrogens with zero attached hydrogens (tertiary/aromatic N) is 1. The van der Waals surface area contributed by atoms with Gasteiger partial charge in [0.05, 0.1) is 24.5 Å². The molecule has 10 nitrogen and oxygen atoms in total. The number of carbonyl (C=O) groups excluding carboxylic acids is 4. The number of hydrogen-bond donors (Lipinski definition) is 2. The van der Waals surface area contributed by atoms with E-state index in [4.69, 9.17) is 14.2 Å². The topological polar surface area (TPSA) is 131 Å². The molecule has 0 aliphatic carbocycles. The van der Waals surface area contributed by atoms with Gasteiger partial charge in [-0.1, -0.05) is 26.7 Å². The fourth-order valence-electron chi connectivity index (χ4n) is 4.47. The zero-order valence-corrected chi connectivity index (χ0v) is 25.3. The zero-order valence-electron chi connectivity index (χ0n) is 25.3. The van der Waals surface area contributed by atoms with Crippen molar-refractivity contribution in [1.29, 1.82) is 0 Å². The summed E-state index contributed by atoms with van der Waals surface area (Å²) in [6.07, 6.45) is 3.27. The summed E-state index contributed by atoms with van der Waals surface area (Å²) in [6.45, 7) is 17.4. The number of alkyl carbamates (subject to hydrolysis) is 1. The fraction of sp³-hybridized carbons (Fsp3) is 0.857. The van der Waals surface area contributed by atoms with Gasteiger partial charge in [0.25, 0.3) is 0 Å². The van der Waals surface area contributed by atoms with E-state index in [1.807, 2.05) is 34.6 Å². The average Bonchev–Trinajstić information content (AvgIpc) is 3.21. The third-order valence-corrected chi connectivity index (χ3v) is 6.40. The lowest BCUT2D eigenvalue weighted by Crippen LogP contribution is -2.40. The standard InChI is InChI=1S/C14H25NO4.C14H27NO4/c1-6-7-14(11(16)18-5)8-9-15(10-14)12(17)19-13(2,3)4;1-6-7-14(10-16,11(2)17)8-9-15-12(18)19-13(3,4)5/h6-10H2,1-5H3;16H,6-10H2,1-5H3,(H,15,18)/t2*14-/m00/s1. The van der Waals surface area contributed by atoms with Crippen LogP contribution in [0.2, 0.25) is 0 Å². The molecule has 0 aromatic heterocycles. The molecule has 0 aromatic carbocycles. The number of ether oxygens (including phenoxy) is 3. The number of ketones is 1. The second kappa shape index (κ2) is 15.3. The molecular formula is C28H52N2O8. The summed E-state index contributed by atoms with van der Waals surface area (Å²) in [4.78, 5) is 48.8. The maximum absolute atomic E-state index is 12.0. The predicted molar refractivity (Wildman–Crippen MR) is 146 cm³/mol. The molecule has 0 radical (unpaired) electrons. The summed E-state index contributed by atoms with van der Waals surface area (Å²) >= 11 is 0. The lowest BCUT2D eigenvalue weighted by atomic mass is 9.77. The van der Waals surface area contributed by atoms with Gasteiger partial charge in [-0.05, 0) is 74.1 Å². The highest BCUT2D eigenvalue weighted by Crippen LogP contribution is 2.37. The van der Waals surface area contributed by atoms with Gasteiger partial charge in [-0.15, -0.1) is 0 Å². The van der Waals surface area contributed by atoms with Crippen LogP contribution in [0.1, 0.15) is 101 Å². The molecule has 38 heavy (non-hydrogen) atoms. The van der Waals surface area contributed by atoms with Crippen molar-refractivity contribution >= 4 is 23.9 Å². The minimum atomic E-state index is -0.746. The highest BCUT2D eigenvalue weighted by atomic mass is 16.6. The summed E-state index contributed by atoms with van der Waals surface area (Å²) in [5.74, 6) is -0.261. The number of rotatable bonds is 10. The van der Waals surface area contributed by atoms with E-state index in [-0.39, 0.29) is 24.5 Å². The molecule has 1 rings (SSSR count). The number of carbonyl (C=O) groups is 4. The number of amides is 2. The van der Waals surface area contributed by atoms with Crippen molar-refractivity contribution in [2.75, 3.05) is 33.4 Å². The van der Waals surface area contributed by atoms with Crippen molar-refractivity contribution in [2.24, 2.45) is 10.8 Å². The van der Waals surface area contributed by atoms with Crippen LogP contribution in [0.25, 0.3) is 0 Å². The minimum Gasteiger partial charge on any atom is -0.469 e. The van der Waals surface area contributed by atoms with E-state index < -0.39 is 28.1 Å². The third-order valence-electron chi connectivity index (χ3n) is 6.40. The number of aliphatic hydroxyl groups is 1. The van der Waals surface area contributed by atoms with Gasteiger partial charge in [0.2, 0.25) is 0 Å². The highest BCUT2D eigenvalue weighted by Gasteiger charge is 2.47. The molecule has 0 spiro atoms. The number of nitrogens with one attached hydrogen (secondary N) is 1. The van der Waals surface area contributed by atoms with Crippen molar-refractivity contribution in [2.45, 2.75) is 112 Å². The van der Waals surface area contributed by atoms with Crippen LogP contribution in [0.15, 0.2) is 0 Å². The first-order chi connectivity index (χ1) is 17.4. The lowest BCUT2D eigenvalue weighted by Gasteiger charge is -2.29. The first-order valence-electron chi connectivity index (χ1n) is 13.6. The highest BCUT2D eigenvalue weighted by molar-refractivity contribution is 5.82. The molecule has 1 aliphatic heterocycles. The van der Waals surface area contributed by atoms with Crippen molar-refractivity contribution < 1.29 is 38.5 Å². The fourth-order valence-corrected chi connectivity index (χ4v) is 4.47. The van der Waals surface area contributed by atoms with E-state index in [2.05, 4.69) is 5.32 Å². The summed E-state index contributed by atoms with van der Waals surface area (Å²) in [5.41, 5.74) is -2.36. The van der Waals surface area contributed by atoms with Crippen LogP contribution in [-0.4, -0.2) is 78.5 Å². The molecule has 0 bridgehead atoms. The Labute approximate surface area is 229 Å². The number of esters is 1. The van der Waals surface area contributed by atoms with Crippen molar-refractivity contribution in [3.8, 4) is 0 Å². The molecule has 1 fully saturated rings. The van der Waals surface area contributed by atoms with Gasteiger partial charge in [0, 0.05) is 19.6 Å². The Kier molecular flexibility index (Phi) is 14.3. The van der Waals surface area contributed by atoms with Crippen LogP contribution in [0, 0.1) is 10.8 Å². The van der Waals surface area contributed by atoms with Crippen molar-refractivity contribution in [3.63, 3.8) is 0 Å². The van der Waals surface area contributed by atoms with E-state index in [1.165, 1.54) is 14.0 Å². The smallest absolute Gasteiger partial charge is 0.410 e. The first-order valence-corrected chi connectivity index (χ1v) is 13.6. The lowest BCUT2D eigenvalue weighted by molar-refractivity contribution is -0.152. The first kappa shape index (κ1) is 35.6. The Bertz CT molecular complexity index is 787. The summed E-state index contributed by atoms with van der Waals surface area (Å²) in [7, 11) is 1.40. The van der Waals surface area contributed by atoms with Crippen LogP contribution < -0.4 is 5.32 Å². The van der Waals surface area contributed by atoms with Gasteiger partial charge in [0.15, 0.2) is 0 Å². The number of Topliss-reactive ketones (excluding diaryl/α,β-unsaturated/α-hetero) is 1. The van der Waals surface area contributed by atoms with Crippen molar-refractivity contribution in [3.05, 3.63) is 0 Å². The van der Waals surface area contributed by atoms with Crippen LogP contribution in [0.3, 0.4) is 0 Å². The quantitative estimate of drug-likeness (QED) is 0.295. The Hall–Kier alpha value is -2.36. The molecule has 1 aliphatic rings. The van der Waals surface area contributed by atoms with Crippen LogP contribution in [0.5, 0.6) is 0 Å². The molecule has 222 valence electrons. The normalized spacial score (nSPS) is 19.0. The Morgan fingerprint density at radius 2 is 1.53 bits per heavy atom. The van der Waals surface area contributed by atoms with E-state index in [9.17, 15) is 24.3 Å². The summed E-state index contributed by atoms with van der Waals surface area (Å²) in [6, 6.07) is 0. The largest absolute Gasteiger partial charge is 0.469 e. The molecule has 10 heteroatoms.